The second-order valence-electron chi connectivity index (χ2n) is 9.86. The number of imidazole rings is 1. The summed E-state index contributed by atoms with van der Waals surface area (Å²) in [5.74, 6) is 1.13. The average molecular weight is 560 g/mol. The van der Waals surface area contributed by atoms with Crippen LogP contribution in [0.1, 0.15) is 47.6 Å². The normalized spacial score (nSPS) is 15.6. The van der Waals surface area contributed by atoms with Gasteiger partial charge in [-0.05, 0) is 56.0 Å². The molecule has 3 N–H and O–H groups in total. The summed E-state index contributed by atoms with van der Waals surface area (Å²) in [6.45, 7) is 6.08. The van der Waals surface area contributed by atoms with Gasteiger partial charge in [-0.2, -0.15) is 0 Å². The Bertz CT molecular complexity index is 1680. The van der Waals surface area contributed by atoms with Gasteiger partial charge in [0.15, 0.2) is 0 Å². The molecular weight excluding hydrogens is 526 g/mol. The molecule has 0 aliphatic carbocycles. The molecule has 2 aromatic carbocycles. The van der Waals surface area contributed by atoms with E-state index >= 15 is 0 Å². The number of fused-ring (bicyclic) bond motifs is 1. The lowest BCUT2D eigenvalue weighted by Gasteiger charge is -2.22. The fourth-order valence-electron chi connectivity index (χ4n) is 5.17. The minimum atomic E-state index is -0.294. The summed E-state index contributed by atoms with van der Waals surface area (Å²) in [4.78, 5) is 41.3. The maximum absolute atomic E-state index is 13.3. The number of aromatic nitrogens is 3. The number of hydrogen-bond donors (Lipinski definition) is 2. The highest BCUT2D eigenvalue weighted by Crippen LogP contribution is 2.36. The molecule has 0 saturated carbocycles. The van der Waals surface area contributed by atoms with E-state index < -0.39 is 0 Å². The van der Waals surface area contributed by atoms with E-state index in [1.54, 1.807) is 36.6 Å². The van der Waals surface area contributed by atoms with Gasteiger partial charge in [-0.1, -0.05) is 61.2 Å². The molecule has 1 aliphatic heterocycles. The lowest BCUT2D eigenvalue weighted by Crippen LogP contribution is -2.30. The monoisotopic (exact) mass is 559 g/mol. The number of benzene rings is 2. The van der Waals surface area contributed by atoms with Crippen molar-refractivity contribution in [1.29, 1.82) is 0 Å². The first-order valence-electron chi connectivity index (χ1n) is 13.9. The summed E-state index contributed by atoms with van der Waals surface area (Å²) in [5.41, 5.74) is 10.1. The maximum Gasteiger partial charge on any atom is 0.256 e. The third-order valence-corrected chi connectivity index (χ3v) is 7.12. The largest absolute Gasteiger partial charge is 0.382 e. The Labute approximate surface area is 244 Å². The molecule has 0 radical (unpaired) electrons. The molecule has 9 nitrogen and oxygen atoms in total. The van der Waals surface area contributed by atoms with E-state index in [0.717, 1.165) is 29.8 Å². The molecule has 2 amide bonds. The van der Waals surface area contributed by atoms with Crippen molar-refractivity contribution in [3.63, 3.8) is 0 Å². The Hall–Kier alpha value is -5.31. The number of hydrogen-bond acceptors (Lipinski definition) is 6. The summed E-state index contributed by atoms with van der Waals surface area (Å²) in [6.07, 6.45) is 14.2. The first-order chi connectivity index (χ1) is 20.5. The van der Waals surface area contributed by atoms with Crippen LogP contribution in [-0.4, -0.2) is 43.5 Å². The van der Waals surface area contributed by atoms with Crippen molar-refractivity contribution in [2.75, 3.05) is 12.3 Å². The van der Waals surface area contributed by atoms with Gasteiger partial charge < -0.3 is 16.0 Å². The van der Waals surface area contributed by atoms with Crippen LogP contribution in [0.25, 0.3) is 16.8 Å². The van der Waals surface area contributed by atoms with Crippen molar-refractivity contribution in [1.82, 2.24) is 24.6 Å². The van der Waals surface area contributed by atoms with Crippen molar-refractivity contribution in [3.05, 3.63) is 121 Å². The number of anilines is 1. The van der Waals surface area contributed by atoms with Crippen LogP contribution in [-0.2, 0) is 11.2 Å². The van der Waals surface area contributed by atoms with E-state index in [4.69, 9.17) is 10.7 Å². The molecule has 5 rings (SSSR count). The fraction of sp³-hybridized carbons (Fsp3) is 0.182. The molecular formula is C33H33N7O2. The summed E-state index contributed by atoms with van der Waals surface area (Å²) in [6, 6.07) is 17.0. The summed E-state index contributed by atoms with van der Waals surface area (Å²) in [5, 5.41) is 2.77. The van der Waals surface area contributed by atoms with Crippen LogP contribution in [0.5, 0.6) is 0 Å². The Morgan fingerprint density at radius 1 is 1.14 bits per heavy atom. The number of amides is 2. The lowest BCUT2D eigenvalue weighted by atomic mass is 10.1. The summed E-state index contributed by atoms with van der Waals surface area (Å²) >= 11 is 0. The topological polar surface area (TPSA) is 118 Å². The third kappa shape index (κ3) is 6.05. The standard InChI is InChI=1S/C33H33N7O2/c1-3-10-27(35-4-2)37-33(42)25-18-16-24(17-19-25)29-30-31(34)36-20-22-40(30)32(38-29)26-14-9-21-39(26)28(41)15-8-13-23-11-6-5-7-12-23/h3-8,10-12,15-20,22,26H,2,9,13-14,21H2,1H3,(H2,34,36)(H,35,37,42)/b10-3-,15-8+/t26-/m0/s1. The quantitative estimate of drug-likeness (QED) is 0.173. The van der Waals surface area contributed by atoms with Gasteiger partial charge in [0, 0.05) is 36.3 Å². The number of carbonyl (C=O) groups is 2. The van der Waals surface area contributed by atoms with Crippen LogP contribution in [0, 0.1) is 0 Å². The van der Waals surface area contributed by atoms with Crippen LogP contribution in [0.15, 0.2) is 109 Å². The minimum Gasteiger partial charge on any atom is -0.382 e. The third-order valence-electron chi connectivity index (χ3n) is 7.12. The second kappa shape index (κ2) is 12.9. The molecule has 9 heteroatoms. The van der Waals surface area contributed by atoms with Gasteiger partial charge in [-0.3, -0.25) is 14.0 Å². The minimum absolute atomic E-state index is 0.0404. The number of rotatable bonds is 8. The van der Waals surface area contributed by atoms with Crippen molar-refractivity contribution in [2.24, 2.45) is 4.99 Å². The van der Waals surface area contributed by atoms with Crippen molar-refractivity contribution < 1.29 is 9.59 Å². The van der Waals surface area contributed by atoms with Crippen molar-refractivity contribution in [2.45, 2.75) is 32.2 Å². The first-order valence-corrected chi connectivity index (χ1v) is 13.9. The number of carbonyl (C=O) groups excluding carboxylic acids is 2. The molecule has 1 fully saturated rings. The fourth-order valence-corrected chi connectivity index (χ4v) is 5.17. The molecule has 42 heavy (non-hydrogen) atoms. The molecule has 3 heterocycles. The van der Waals surface area contributed by atoms with E-state index in [0.29, 0.717) is 41.4 Å². The number of amidine groups is 1. The molecule has 0 bridgehead atoms. The van der Waals surface area contributed by atoms with Crippen LogP contribution in [0.3, 0.4) is 0 Å². The van der Waals surface area contributed by atoms with Crippen LogP contribution in [0.4, 0.5) is 5.82 Å². The molecule has 1 atom stereocenters. The van der Waals surface area contributed by atoms with E-state index in [1.165, 1.54) is 6.20 Å². The molecule has 1 saturated heterocycles. The Morgan fingerprint density at radius 3 is 2.67 bits per heavy atom. The smallest absolute Gasteiger partial charge is 0.256 e. The highest BCUT2D eigenvalue weighted by molar-refractivity contribution is 6.10. The highest BCUT2D eigenvalue weighted by atomic mass is 16.2. The van der Waals surface area contributed by atoms with Gasteiger partial charge in [0.2, 0.25) is 5.91 Å². The van der Waals surface area contributed by atoms with E-state index in [9.17, 15) is 9.59 Å². The zero-order valence-corrected chi connectivity index (χ0v) is 23.5. The maximum atomic E-state index is 13.3. The SMILES string of the molecule is C=CN=C(/C=C\C)NC(=O)c1ccc(-c2nc([C@@H]3CCCN3C(=O)/C=C/Cc3ccccc3)n3ccnc(N)c23)cc1. The van der Waals surface area contributed by atoms with Gasteiger partial charge in [0.25, 0.3) is 5.91 Å². The Kier molecular flexibility index (Phi) is 8.67. The number of nitrogens with two attached hydrogens (primary N) is 1. The average Bonchev–Trinajstić information content (AvgIpc) is 3.64. The van der Waals surface area contributed by atoms with Crippen molar-refractivity contribution in [3.8, 4) is 11.3 Å². The number of nitrogens with zero attached hydrogens (tertiary/aromatic N) is 5. The molecule has 1 aliphatic rings. The van der Waals surface area contributed by atoms with E-state index in [-0.39, 0.29) is 17.9 Å². The predicted molar refractivity (Wildman–Crippen MR) is 166 cm³/mol. The Balaban J connectivity index is 1.42. The van der Waals surface area contributed by atoms with Crippen molar-refractivity contribution >= 4 is 29.0 Å². The van der Waals surface area contributed by atoms with E-state index in [2.05, 4.69) is 21.9 Å². The number of nitrogens with one attached hydrogen (secondary N) is 1. The lowest BCUT2D eigenvalue weighted by molar-refractivity contribution is -0.127. The number of likely N-dealkylation sites (tertiary alicyclic amines) is 1. The molecule has 0 unspecified atom stereocenters. The van der Waals surface area contributed by atoms with Crippen LogP contribution >= 0.6 is 0 Å². The number of aliphatic imine (C=N–C) groups is 1. The zero-order valence-electron chi connectivity index (χ0n) is 23.5. The Morgan fingerprint density at radius 2 is 1.93 bits per heavy atom. The van der Waals surface area contributed by atoms with Gasteiger partial charge in [-0.15, -0.1) is 0 Å². The van der Waals surface area contributed by atoms with Gasteiger partial charge in [0.1, 0.15) is 28.7 Å². The first kappa shape index (κ1) is 28.2. The summed E-state index contributed by atoms with van der Waals surface area (Å²) in [7, 11) is 0. The number of nitrogen functional groups attached to an aromatic ring is 1. The highest BCUT2D eigenvalue weighted by Gasteiger charge is 2.33. The molecule has 4 aromatic rings. The van der Waals surface area contributed by atoms with Gasteiger partial charge >= 0.3 is 0 Å². The van der Waals surface area contributed by atoms with Crippen LogP contribution < -0.4 is 11.1 Å². The predicted octanol–water partition coefficient (Wildman–Crippen LogP) is 5.29. The molecule has 0 spiro atoms. The summed E-state index contributed by atoms with van der Waals surface area (Å²) < 4.78 is 1.93. The number of allylic oxidation sites excluding steroid dienone is 2. The van der Waals surface area contributed by atoms with Gasteiger partial charge in [-0.25, -0.2) is 15.0 Å². The van der Waals surface area contributed by atoms with Gasteiger partial charge in [0.05, 0.1) is 6.04 Å². The molecule has 212 valence electrons. The molecule has 2 aromatic heterocycles. The second-order valence-corrected chi connectivity index (χ2v) is 9.86. The zero-order chi connectivity index (χ0) is 29.5. The van der Waals surface area contributed by atoms with E-state index in [1.807, 2.05) is 71.0 Å². The van der Waals surface area contributed by atoms with Crippen LogP contribution in [0.2, 0.25) is 0 Å².